The van der Waals surface area contributed by atoms with E-state index in [0.717, 1.165) is 23.3 Å². The van der Waals surface area contributed by atoms with E-state index >= 15 is 0 Å². The summed E-state index contributed by atoms with van der Waals surface area (Å²) in [5.41, 5.74) is 2.23. The molecule has 2 aromatic rings. The number of ether oxygens (including phenoxy) is 1. The quantitative estimate of drug-likeness (QED) is 0.747. The molecule has 2 aromatic carbocycles. The molecule has 1 aliphatic heterocycles. The number of halogens is 1. The molecule has 0 atom stereocenters. The number of rotatable bonds is 5. The summed E-state index contributed by atoms with van der Waals surface area (Å²) >= 11 is 0. The molecule has 1 aliphatic carbocycles. The van der Waals surface area contributed by atoms with Crippen molar-refractivity contribution >= 4 is 17.5 Å². The van der Waals surface area contributed by atoms with Crippen LogP contribution in [0.25, 0.3) is 0 Å². The second-order valence-corrected chi connectivity index (χ2v) is 6.81. The van der Waals surface area contributed by atoms with Gasteiger partial charge < -0.3 is 4.74 Å². The molecular weight excluding hydrogens is 345 g/mol. The number of amides is 2. The van der Waals surface area contributed by atoms with Crippen molar-refractivity contribution in [2.75, 3.05) is 11.5 Å². The van der Waals surface area contributed by atoms with Gasteiger partial charge in [-0.3, -0.25) is 9.59 Å². The summed E-state index contributed by atoms with van der Waals surface area (Å²) in [6.07, 6.45) is 3.69. The van der Waals surface area contributed by atoms with Crippen LogP contribution in [0.3, 0.4) is 0 Å². The SMILES string of the molecule is O=C1C2=C(CCCC2)C(=O)N1c1ccc(OCCc2ccccc2)cc1F. The fourth-order valence-corrected chi connectivity index (χ4v) is 3.65. The lowest BCUT2D eigenvalue weighted by Crippen LogP contribution is -2.32. The van der Waals surface area contributed by atoms with Gasteiger partial charge in [-0.25, -0.2) is 9.29 Å². The Kier molecular flexibility index (Phi) is 4.75. The highest BCUT2D eigenvalue weighted by Gasteiger charge is 2.40. The zero-order chi connectivity index (χ0) is 18.8. The molecule has 138 valence electrons. The Hall–Kier alpha value is -2.95. The minimum atomic E-state index is -0.631. The van der Waals surface area contributed by atoms with Gasteiger partial charge in [-0.15, -0.1) is 0 Å². The molecule has 0 unspecified atom stereocenters. The molecule has 0 radical (unpaired) electrons. The molecule has 1 heterocycles. The van der Waals surface area contributed by atoms with Gasteiger partial charge in [-0.05, 0) is 43.4 Å². The summed E-state index contributed by atoms with van der Waals surface area (Å²) in [5, 5.41) is 0. The summed E-state index contributed by atoms with van der Waals surface area (Å²) < 4.78 is 20.2. The summed E-state index contributed by atoms with van der Waals surface area (Å²) in [6, 6.07) is 14.2. The van der Waals surface area contributed by atoms with Crippen molar-refractivity contribution in [1.29, 1.82) is 0 Å². The molecular formula is C22H20FNO3. The van der Waals surface area contributed by atoms with E-state index in [4.69, 9.17) is 4.74 Å². The molecule has 2 amide bonds. The normalized spacial score (nSPS) is 16.7. The maximum atomic E-state index is 14.6. The van der Waals surface area contributed by atoms with Crippen LogP contribution in [0.15, 0.2) is 59.7 Å². The predicted molar refractivity (Wildman–Crippen MR) is 100 cm³/mol. The van der Waals surface area contributed by atoms with Crippen molar-refractivity contribution in [1.82, 2.24) is 0 Å². The Balaban J connectivity index is 1.46. The van der Waals surface area contributed by atoms with Crippen LogP contribution < -0.4 is 9.64 Å². The number of imide groups is 1. The molecule has 0 spiro atoms. The summed E-state index contributed by atoms with van der Waals surface area (Å²) in [5.74, 6) is -1.02. The lowest BCUT2D eigenvalue weighted by molar-refractivity contribution is -0.120. The third-order valence-corrected chi connectivity index (χ3v) is 5.05. The number of hydrogen-bond donors (Lipinski definition) is 0. The third kappa shape index (κ3) is 3.37. The molecule has 5 heteroatoms. The molecule has 27 heavy (non-hydrogen) atoms. The van der Waals surface area contributed by atoms with E-state index in [2.05, 4.69) is 0 Å². The van der Waals surface area contributed by atoms with Gasteiger partial charge >= 0.3 is 0 Å². The smallest absolute Gasteiger partial charge is 0.261 e. The summed E-state index contributed by atoms with van der Waals surface area (Å²) in [6.45, 7) is 0.417. The van der Waals surface area contributed by atoms with Crippen molar-refractivity contribution < 1.29 is 18.7 Å². The highest BCUT2D eigenvalue weighted by molar-refractivity contribution is 6.33. The van der Waals surface area contributed by atoms with Crippen LogP contribution in [0.5, 0.6) is 5.75 Å². The van der Waals surface area contributed by atoms with Gasteiger partial charge in [0.15, 0.2) is 5.82 Å². The first kappa shape index (κ1) is 17.5. The molecule has 0 saturated carbocycles. The monoisotopic (exact) mass is 365 g/mol. The standard InChI is InChI=1S/C22H20FNO3/c23-19-14-16(27-13-12-15-6-2-1-3-7-15)10-11-20(19)24-21(25)17-8-4-5-9-18(17)22(24)26/h1-3,6-7,10-11,14H,4-5,8-9,12-13H2. The fourth-order valence-electron chi connectivity index (χ4n) is 3.65. The molecule has 0 N–H and O–H groups in total. The summed E-state index contributed by atoms with van der Waals surface area (Å²) in [4.78, 5) is 26.1. The van der Waals surface area contributed by atoms with E-state index in [1.165, 1.54) is 12.1 Å². The van der Waals surface area contributed by atoms with Gasteiger partial charge in [0.05, 0.1) is 12.3 Å². The van der Waals surface area contributed by atoms with Gasteiger partial charge in [0.25, 0.3) is 11.8 Å². The number of hydrogen-bond acceptors (Lipinski definition) is 3. The second kappa shape index (κ2) is 7.35. The van der Waals surface area contributed by atoms with Crippen molar-refractivity contribution in [3.63, 3.8) is 0 Å². The van der Waals surface area contributed by atoms with Gasteiger partial charge in [-0.2, -0.15) is 0 Å². The Morgan fingerprint density at radius 2 is 1.59 bits per heavy atom. The highest BCUT2D eigenvalue weighted by atomic mass is 19.1. The first-order chi connectivity index (χ1) is 13.1. The van der Waals surface area contributed by atoms with Crippen LogP contribution in [0.4, 0.5) is 10.1 Å². The van der Waals surface area contributed by atoms with Crippen LogP contribution >= 0.6 is 0 Å². The van der Waals surface area contributed by atoms with Crippen LogP contribution in [0, 0.1) is 5.82 Å². The molecule has 0 saturated heterocycles. The lowest BCUT2D eigenvalue weighted by atomic mass is 9.93. The molecule has 2 aliphatic rings. The Morgan fingerprint density at radius 3 is 2.22 bits per heavy atom. The maximum absolute atomic E-state index is 14.6. The van der Waals surface area contributed by atoms with Gasteiger partial charge in [0.2, 0.25) is 0 Å². The Bertz CT molecular complexity index is 892. The van der Waals surface area contributed by atoms with Crippen molar-refractivity contribution in [3.8, 4) is 5.75 Å². The Morgan fingerprint density at radius 1 is 0.926 bits per heavy atom. The highest BCUT2D eigenvalue weighted by Crippen LogP contribution is 2.37. The van der Waals surface area contributed by atoms with Gasteiger partial charge in [0, 0.05) is 23.6 Å². The first-order valence-electron chi connectivity index (χ1n) is 9.22. The molecule has 4 nitrogen and oxygen atoms in total. The number of carbonyl (C=O) groups excluding carboxylic acids is 2. The van der Waals surface area contributed by atoms with Gasteiger partial charge in [0.1, 0.15) is 5.75 Å². The van der Waals surface area contributed by atoms with E-state index < -0.39 is 5.82 Å². The van der Waals surface area contributed by atoms with Crippen LogP contribution in [0.1, 0.15) is 31.2 Å². The van der Waals surface area contributed by atoms with E-state index in [-0.39, 0.29) is 17.5 Å². The second-order valence-electron chi connectivity index (χ2n) is 6.81. The lowest BCUT2D eigenvalue weighted by Gasteiger charge is -2.17. The van der Waals surface area contributed by atoms with E-state index in [0.29, 0.717) is 42.8 Å². The largest absolute Gasteiger partial charge is 0.493 e. The molecule has 0 aromatic heterocycles. The van der Waals surface area contributed by atoms with Crippen molar-refractivity contribution in [2.45, 2.75) is 32.1 Å². The fraction of sp³-hybridized carbons (Fsp3) is 0.273. The average molecular weight is 365 g/mol. The zero-order valence-electron chi connectivity index (χ0n) is 14.9. The predicted octanol–water partition coefficient (Wildman–Crippen LogP) is 4.19. The number of benzene rings is 2. The average Bonchev–Trinajstić information content (AvgIpc) is 2.94. The van der Waals surface area contributed by atoms with Crippen LogP contribution in [-0.2, 0) is 16.0 Å². The van der Waals surface area contributed by atoms with Gasteiger partial charge in [-0.1, -0.05) is 30.3 Å². The number of carbonyl (C=O) groups is 2. The minimum absolute atomic E-state index is 0.00481. The van der Waals surface area contributed by atoms with E-state index in [9.17, 15) is 14.0 Å². The van der Waals surface area contributed by atoms with Crippen LogP contribution in [-0.4, -0.2) is 18.4 Å². The topological polar surface area (TPSA) is 46.6 Å². The Labute approximate surface area is 157 Å². The number of anilines is 1. The minimum Gasteiger partial charge on any atom is -0.493 e. The zero-order valence-corrected chi connectivity index (χ0v) is 14.9. The van der Waals surface area contributed by atoms with Crippen molar-refractivity contribution in [3.05, 3.63) is 71.1 Å². The first-order valence-corrected chi connectivity index (χ1v) is 9.22. The molecule has 0 fully saturated rings. The third-order valence-electron chi connectivity index (χ3n) is 5.05. The maximum Gasteiger partial charge on any atom is 0.261 e. The van der Waals surface area contributed by atoms with Crippen molar-refractivity contribution in [2.24, 2.45) is 0 Å². The van der Waals surface area contributed by atoms with E-state index in [1.54, 1.807) is 6.07 Å². The van der Waals surface area contributed by atoms with Crippen LogP contribution in [0.2, 0.25) is 0 Å². The summed E-state index contributed by atoms with van der Waals surface area (Å²) in [7, 11) is 0. The molecule has 0 bridgehead atoms. The number of nitrogens with zero attached hydrogens (tertiary/aromatic N) is 1. The molecule has 4 rings (SSSR count). The van der Waals surface area contributed by atoms with E-state index in [1.807, 2.05) is 30.3 Å².